The molecule has 6 aliphatic rings. The fourth-order valence-electron chi connectivity index (χ4n) is 7.86. The molecule has 2 aromatic rings. The zero-order valence-corrected chi connectivity index (χ0v) is 23.4. The first-order chi connectivity index (χ1) is 20.0. The zero-order valence-electron chi connectivity index (χ0n) is 23.4. The minimum Gasteiger partial charge on any atom is -0.461 e. The van der Waals surface area contributed by atoms with Gasteiger partial charge in [-0.2, -0.15) is 23.1 Å². The molecule has 5 atom stereocenters. The van der Waals surface area contributed by atoms with E-state index in [9.17, 15) is 17.6 Å². The Kier molecular flexibility index (Phi) is 6.78. The molecule has 0 spiro atoms. The first kappa shape index (κ1) is 28.0. The van der Waals surface area contributed by atoms with Gasteiger partial charge in [-0.3, -0.25) is 4.90 Å². The van der Waals surface area contributed by atoms with Crippen molar-refractivity contribution in [1.82, 2.24) is 20.2 Å². The molecule has 0 amide bonds. The molecule has 8 rings (SSSR count). The van der Waals surface area contributed by atoms with Crippen LogP contribution >= 0.6 is 0 Å². The lowest BCUT2D eigenvalue weighted by Crippen LogP contribution is -2.61. The lowest BCUT2D eigenvalue weighted by molar-refractivity contribution is -0.140. The van der Waals surface area contributed by atoms with Crippen molar-refractivity contribution in [3.63, 3.8) is 0 Å². The minimum atomic E-state index is -4.80. The molecule has 0 saturated carbocycles. The van der Waals surface area contributed by atoms with Crippen LogP contribution in [0.1, 0.15) is 66.2 Å². The Bertz CT molecular complexity index is 1380. The molecule has 0 aliphatic carbocycles. The van der Waals surface area contributed by atoms with Gasteiger partial charge in [0.25, 0.3) is 0 Å². The summed E-state index contributed by atoms with van der Waals surface area (Å²) in [5.41, 5.74) is 4.29. The summed E-state index contributed by atoms with van der Waals surface area (Å²) in [5, 5.41) is 3.52. The minimum absolute atomic E-state index is 0.0806. The van der Waals surface area contributed by atoms with E-state index in [1.165, 1.54) is 6.92 Å². The Balaban J connectivity index is 1.26. The number of nitrogens with one attached hydrogen (secondary N) is 1. The standard InChI is InChI=1S/C29H35F5N6O2/c1-15-7-20(35)25(31)23(24(15)29(32,33)34)22-8-21-19(13-41-22)26(40-12-17-3-4-18(40)10-36-17)38-27(37-21)42-14-28-5-2-6-39(28)11-16(30)9-28/h7,16-18,22,36H,2-6,8-14,35H2,1H3/t16-,17?,18?,22+,28+/m1/s1. The number of hydrogen-bond donors (Lipinski definition) is 2. The molecule has 6 aliphatic heterocycles. The number of rotatable bonds is 5. The molecule has 228 valence electrons. The molecular formula is C29H35F5N6O2. The van der Waals surface area contributed by atoms with Crippen LogP contribution in [0.3, 0.4) is 0 Å². The summed E-state index contributed by atoms with van der Waals surface area (Å²) in [6.45, 7) is 4.12. The number of fused-ring (bicyclic) bond motifs is 5. The van der Waals surface area contributed by atoms with Gasteiger partial charge in [0, 0.05) is 55.7 Å². The number of nitrogens with zero attached hydrogens (tertiary/aromatic N) is 4. The summed E-state index contributed by atoms with van der Waals surface area (Å²) in [5.74, 6) is -0.491. The van der Waals surface area contributed by atoms with E-state index in [0.717, 1.165) is 51.4 Å². The van der Waals surface area contributed by atoms with Crippen molar-refractivity contribution < 1.29 is 31.4 Å². The number of hydrogen-bond acceptors (Lipinski definition) is 8. The zero-order chi connectivity index (χ0) is 29.4. The highest BCUT2D eigenvalue weighted by Gasteiger charge is 2.50. The van der Waals surface area contributed by atoms with Gasteiger partial charge in [0.05, 0.1) is 35.2 Å². The smallest absolute Gasteiger partial charge is 0.417 e. The van der Waals surface area contributed by atoms with Crippen molar-refractivity contribution in [1.29, 1.82) is 0 Å². The highest BCUT2D eigenvalue weighted by Crippen LogP contribution is 2.45. The van der Waals surface area contributed by atoms with Crippen molar-refractivity contribution >= 4 is 11.5 Å². The van der Waals surface area contributed by atoms with Crippen molar-refractivity contribution in [2.45, 2.75) is 88.1 Å². The van der Waals surface area contributed by atoms with Gasteiger partial charge in [0.2, 0.25) is 0 Å². The highest BCUT2D eigenvalue weighted by atomic mass is 19.4. The van der Waals surface area contributed by atoms with E-state index in [-0.39, 0.29) is 42.9 Å². The number of aryl methyl sites for hydroxylation is 1. The molecule has 7 heterocycles. The lowest BCUT2D eigenvalue weighted by atomic mass is 9.90. The second-order valence-corrected chi connectivity index (χ2v) is 12.5. The molecule has 2 bridgehead atoms. The van der Waals surface area contributed by atoms with Gasteiger partial charge in [-0.1, -0.05) is 0 Å². The maximum Gasteiger partial charge on any atom is 0.417 e. The first-order valence-electron chi connectivity index (χ1n) is 14.7. The number of aromatic nitrogens is 2. The van der Waals surface area contributed by atoms with Crippen molar-refractivity contribution in [3.8, 4) is 6.01 Å². The molecule has 5 fully saturated rings. The van der Waals surface area contributed by atoms with E-state index in [0.29, 0.717) is 36.1 Å². The second-order valence-electron chi connectivity index (χ2n) is 12.5. The van der Waals surface area contributed by atoms with Crippen LogP contribution in [0, 0.1) is 12.7 Å². The number of anilines is 2. The molecule has 0 radical (unpaired) electrons. The Morgan fingerprint density at radius 1 is 1.24 bits per heavy atom. The predicted molar refractivity (Wildman–Crippen MR) is 145 cm³/mol. The molecule has 2 unspecified atom stereocenters. The average Bonchev–Trinajstić information content (AvgIpc) is 3.48. The van der Waals surface area contributed by atoms with Crippen LogP contribution in [0.15, 0.2) is 6.07 Å². The van der Waals surface area contributed by atoms with Crippen LogP contribution in [-0.2, 0) is 23.9 Å². The normalized spacial score (nSPS) is 31.0. The number of piperazine rings is 1. The number of piperidine rings is 2. The molecule has 3 N–H and O–H groups in total. The van der Waals surface area contributed by atoms with E-state index in [1.54, 1.807) is 0 Å². The topological polar surface area (TPSA) is 88.8 Å². The fourth-order valence-corrected chi connectivity index (χ4v) is 7.86. The van der Waals surface area contributed by atoms with Crippen LogP contribution in [-0.4, -0.2) is 71.4 Å². The molecule has 42 heavy (non-hydrogen) atoms. The van der Waals surface area contributed by atoms with Gasteiger partial charge in [-0.05, 0) is 50.8 Å². The summed E-state index contributed by atoms with van der Waals surface area (Å²) >= 11 is 0. The molecule has 5 saturated heterocycles. The summed E-state index contributed by atoms with van der Waals surface area (Å²) in [4.78, 5) is 13.8. The highest BCUT2D eigenvalue weighted by molar-refractivity contribution is 5.56. The van der Waals surface area contributed by atoms with Crippen LogP contribution in [0.5, 0.6) is 6.01 Å². The van der Waals surface area contributed by atoms with Gasteiger partial charge >= 0.3 is 12.2 Å². The third kappa shape index (κ3) is 4.68. The first-order valence-corrected chi connectivity index (χ1v) is 14.7. The number of nitrogen functional groups attached to an aromatic ring is 1. The third-order valence-electron chi connectivity index (χ3n) is 9.84. The number of benzene rings is 1. The predicted octanol–water partition coefficient (Wildman–Crippen LogP) is 4.23. The molecule has 8 nitrogen and oxygen atoms in total. The van der Waals surface area contributed by atoms with E-state index in [2.05, 4.69) is 20.1 Å². The van der Waals surface area contributed by atoms with E-state index < -0.39 is 40.9 Å². The summed E-state index contributed by atoms with van der Waals surface area (Å²) in [6, 6.07) is 1.59. The van der Waals surface area contributed by atoms with Crippen LogP contribution in [0.4, 0.5) is 33.5 Å². The molecule has 1 aromatic heterocycles. The third-order valence-corrected chi connectivity index (χ3v) is 9.84. The lowest BCUT2D eigenvalue weighted by Gasteiger charge is -2.47. The van der Waals surface area contributed by atoms with Crippen LogP contribution in [0.25, 0.3) is 0 Å². The monoisotopic (exact) mass is 594 g/mol. The summed E-state index contributed by atoms with van der Waals surface area (Å²) < 4.78 is 84.4. The maximum atomic E-state index is 15.3. The Morgan fingerprint density at radius 2 is 2.07 bits per heavy atom. The van der Waals surface area contributed by atoms with Gasteiger partial charge in [0.1, 0.15) is 18.6 Å². The van der Waals surface area contributed by atoms with Gasteiger partial charge in [-0.15, -0.1) is 0 Å². The molecule has 13 heteroatoms. The summed E-state index contributed by atoms with van der Waals surface area (Å²) in [7, 11) is 0. The molecule has 1 aromatic carbocycles. The average molecular weight is 595 g/mol. The Morgan fingerprint density at radius 3 is 2.79 bits per heavy atom. The van der Waals surface area contributed by atoms with Gasteiger partial charge in [-0.25, -0.2) is 8.78 Å². The largest absolute Gasteiger partial charge is 0.461 e. The van der Waals surface area contributed by atoms with Crippen molar-refractivity contribution in [2.24, 2.45) is 0 Å². The SMILES string of the molecule is Cc1cc(N)c(F)c([C@@H]2Cc3nc(OC[C@@]45CCCN4C[C@H](F)C5)nc(N4CC5CCC4CN5)c3CO2)c1C(F)(F)F. The number of halogens is 5. The Labute approximate surface area is 240 Å². The van der Waals surface area contributed by atoms with Gasteiger partial charge < -0.3 is 25.4 Å². The van der Waals surface area contributed by atoms with Gasteiger partial charge in [0.15, 0.2) is 5.82 Å². The molecular weight excluding hydrogens is 559 g/mol. The van der Waals surface area contributed by atoms with Crippen LogP contribution in [0.2, 0.25) is 0 Å². The van der Waals surface area contributed by atoms with E-state index in [1.807, 2.05) is 0 Å². The maximum absolute atomic E-state index is 15.3. The fraction of sp³-hybridized carbons (Fsp3) is 0.655. The second kappa shape index (κ2) is 10.2. The number of ether oxygens (including phenoxy) is 2. The Hall–Kier alpha value is -2.77. The van der Waals surface area contributed by atoms with E-state index >= 15 is 4.39 Å². The van der Waals surface area contributed by atoms with Crippen molar-refractivity contribution in [3.05, 3.63) is 39.8 Å². The number of nitrogens with two attached hydrogens (primary N) is 1. The van der Waals surface area contributed by atoms with Crippen molar-refractivity contribution in [2.75, 3.05) is 43.4 Å². The van der Waals surface area contributed by atoms with Crippen LogP contribution < -0.4 is 20.7 Å². The summed E-state index contributed by atoms with van der Waals surface area (Å²) in [6.07, 6.45) is -2.88. The number of alkyl halides is 4. The van der Waals surface area contributed by atoms with E-state index in [4.69, 9.17) is 20.2 Å². The quantitative estimate of drug-likeness (QED) is 0.393.